The normalized spacial score (nSPS) is 24.3. The van der Waals surface area contributed by atoms with Gasteiger partial charge in [0.15, 0.2) is 0 Å². The molecule has 1 heterocycles. The van der Waals surface area contributed by atoms with E-state index in [1.54, 1.807) is 0 Å². The van der Waals surface area contributed by atoms with Crippen LogP contribution in [-0.4, -0.2) is 14.0 Å². The summed E-state index contributed by atoms with van der Waals surface area (Å²) in [5.74, 6) is 0. The first kappa shape index (κ1) is 9.05. The van der Waals surface area contributed by atoms with Crippen LogP contribution < -0.4 is 0 Å². The van der Waals surface area contributed by atoms with E-state index in [9.17, 15) is 8.42 Å². The van der Waals surface area contributed by atoms with Crippen LogP contribution >= 0.6 is 0 Å². The minimum atomic E-state index is -3.65. The summed E-state index contributed by atoms with van der Waals surface area (Å²) < 4.78 is 26.3. The second-order valence-electron chi connectivity index (χ2n) is 2.78. The van der Waals surface area contributed by atoms with Crippen molar-refractivity contribution in [2.24, 2.45) is 5.11 Å². The zero-order valence-corrected chi connectivity index (χ0v) is 7.37. The molecule has 0 spiro atoms. The highest BCUT2D eigenvalue weighted by molar-refractivity contribution is 7.90. The minimum absolute atomic E-state index is 0.0741. The van der Waals surface area contributed by atoms with Crippen LogP contribution in [0.3, 0.4) is 0 Å². The first-order valence-electron chi connectivity index (χ1n) is 3.10. The van der Waals surface area contributed by atoms with Crippen LogP contribution in [0.15, 0.2) is 16.2 Å². The molecular formula is C5H7N3O3S. The summed E-state index contributed by atoms with van der Waals surface area (Å²) >= 11 is 0. The fraction of sp³-hybridized carbons (Fsp3) is 0.600. The maximum atomic E-state index is 10.8. The molecule has 0 radical (unpaired) electrons. The Labute approximate surface area is 69.6 Å². The molecule has 7 heteroatoms. The molecule has 0 aliphatic carbocycles. The molecule has 1 aliphatic heterocycles. The van der Waals surface area contributed by atoms with E-state index in [1.165, 1.54) is 13.8 Å². The van der Waals surface area contributed by atoms with Crippen molar-refractivity contribution >= 4 is 10.1 Å². The van der Waals surface area contributed by atoms with E-state index in [-0.39, 0.29) is 5.70 Å². The van der Waals surface area contributed by atoms with Gasteiger partial charge in [-0.2, -0.15) is 8.42 Å². The molecule has 0 atom stereocenters. The van der Waals surface area contributed by atoms with E-state index >= 15 is 0 Å². The molecule has 0 saturated carbocycles. The lowest BCUT2D eigenvalue weighted by molar-refractivity contribution is 0.170. The summed E-state index contributed by atoms with van der Waals surface area (Å²) in [5.41, 5.74) is 7.12. The van der Waals surface area contributed by atoms with Crippen molar-refractivity contribution in [3.8, 4) is 0 Å². The molecule has 0 unspecified atom stereocenters. The second-order valence-corrected chi connectivity index (χ2v) is 4.17. The summed E-state index contributed by atoms with van der Waals surface area (Å²) in [6.07, 6.45) is 0. The van der Waals surface area contributed by atoms with Gasteiger partial charge in [-0.15, -0.1) is 0 Å². The van der Waals surface area contributed by atoms with Crippen molar-refractivity contribution < 1.29 is 12.6 Å². The largest absolute Gasteiger partial charge is 0.291 e. The smallest absolute Gasteiger partial charge is 0.256 e. The van der Waals surface area contributed by atoms with Crippen LogP contribution in [0.1, 0.15) is 13.8 Å². The number of hydrogen-bond acceptors (Lipinski definition) is 4. The Hall–Kier alpha value is -1.04. The Morgan fingerprint density at radius 2 is 2.25 bits per heavy atom. The molecule has 0 aromatic heterocycles. The lowest BCUT2D eigenvalue weighted by Gasteiger charge is -2.15. The molecule has 0 N–H and O–H groups in total. The number of hydrogen-bond donors (Lipinski definition) is 0. The van der Waals surface area contributed by atoms with Crippen molar-refractivity contribution in [3.63, 3.8) is 0 Å². The lowest BCUT2D eigenvalue weighted by atomic mass is 10.1. The van der Waals surface area contributed by atoms with Gasteiger partial charge in [-0.3, -0.25) is 4.18 Å². The quantitative estimate of drug-likeness (QED) is 0.269. The van der Waals surface area contributed by atoms with E-state index in [1.807, 2.05) is 0 Å². The van der Waals surface area contributed by atoms with Gasteiger partial charge in [0, 0.05) is 4.91 Å². The average molecular weight is 189 g/mol. The average Bonchev–Trinajstić information content (AvgIpc) is 2.01. The van der Waals surface area contributed by atoms with Crippen molar-refractivity contribution in [1.82, 2.24) is 0 Å². The predicted molar refractivity (Wildman–Crippen MR) is 41.3 cm³/mol. The molecular weight excluding hydrogens is 182 g/mol. The summed E-state index contributed by atoms with van der Waals surface area (Å²) in [5, 5.41) is 4.04. The first-order chi connectivity index (χ1) is 5.37. The van der Waals surface area contributed by atoms with Crippen molar-refractivity contribution in [3.05, 3.63) is 21.5 Å². The van der Waals surface area contributed by atoms with Crippen LogP contribution in [0.25, 0.3) is 10.4 Å². The molecule has 0 amide bonds. The third-order valence-electron chi connectivity index (χ3n) is 1.35. The van der Waals surface area contributed by atoms with Gasteiger partial charge in [0.05, 0.1) is 11.1 Å². The fourth-order valence-corrected chi connectivity index (χ4v) is 2.15. The van der Waals surface area contributed by atoms with Crippen LogP contribution in [-0.2, 0) is 14.3 Å². The molecule has 0 saturated heterocycles. The van der Waals surface area contributed by atoms with Gasteiger partial charge in [-0.1, -0.05) is 5.11 Å². The Morgan fingerprint density at radius 3 is 2.58 bits per heavy atom. The molecule has 1 aliphatic rings. The van der Waals surface area contributed by atoms with Crippen molar-refractivity contribution in [1.29, 1.82) is 0 Å². The maximum Gasteiger partial charge on any atom is 0.291 e. The number of nitrogens with zero attached hydrogens (tertiary/aromatic N) is 3. The third kappa shape index (κ3) is 1.58. The monoisotopic (exact) mass is 189 g/mol. The number of rotatable bonds is 1. The third-order valence-corrected chi connectivity index (χ3v) is 2.51. The zero-order valence-electron chi connectivity index (χ0n) is 6.55. The topological polar surface area (TPSA) is 92.1 Å². The molecule has 0 bridgehead atoms. The van der Waals surface area contributed by atoms with Gasteiger partial charge in [-0.25, -0.2) is 0 Å². The Balaban J connectivity index is 3.22. The zero-order chi connectivity index (χ0) is 9.41. The van der Waals surface area contributed by atoms with Crippen molar-refractivity contribution in [2.45, 2.75) is 19.4 Å². The highest BCUT2D eigenvalue weighted by Gasteiger charge is 2.36. The molecule has 0 aromatic carbocycles. The summed E-state index contributed by atoms with van der Waals surface area (Å²) in [6.45, 7) is 3.02. The van der Waals surface area contributed by atoms with E-state index in [4.69, 9.17) is 5.53 Å². The van der Waals surface area contributed by atoms with Gasteiger partial charge in [0.1, 0.15) is 5.60 Å². The summed E-state index contributed by atoms with van der Waals surface area (Å²) in [6, 6.07) is 0. The molecule has 66 valence electrons. The molecule has 1 rings (SSSR count). The lowest BCUT2D eigenvalue weighted by Crippen LogP contribution is -2.22. The van der Waals surface area contributed by atoms with E-state index in [0.29, 0.717) is 0 Å². The van der Waals surface area contributed by atoms with Gasteiger partial charge in [0.2, 0.25) is 0 Å². The van der Waals surface area contributed by atoms with E-state index in [2.05, 4.69) is 14.2 Å². The highest BCUT2D eigenvalue weighted by atomic mass is 32.2. The predicted octanol–water partition coefficient (Wildman–Crippen LogP) is 1.28. The summed E-state index contributed by atoms with van der Waals surface area (Å²) in [4.78, 5) is 2.49. The molecule has 12 heavy (non-hydrogen) atoms. The number of azide groups is 1. The van der Waals surface area contributed by atoms with Gasteiger partial charge in [0.25, 0.3) is 10.1 Å². The van der Waals surface area contributed by atoms with E-state index < -0.39 is 15.7 Å². The standard InChI is InChI=1S/C5H7N3O3S/c1-5(2)4(7-8-6)3-12(9,10)11-5/h3H,1-2H3. The SMILES string of the molecule is CC1(C)OS(=O)(=O)C=C1N=[N+]=[N-]. The Bertz CT molecular complexity index is 375. The van der Waals surface area contributed by atoms with Crippen LogP contribution in [0.4, 0.5) is 0 Å². The minimum Gasteiger partial charge on any atom is -0.256 e. The van der Waals surface area contributed by atoms with E-state index in [0.717, 1.165) is 5.41 Å². The van der Waals surface area contributed by atoms with Crippen LogP contribution in [0.5, 0.6) is 0 Å². The van der Waals surface area contributed by atoms with Gasteiger partial charge in [-0.05, 0) is 19.4 Å². The first-order valence-corrected chi connectivity index (χ1v) is 4.57. The highest BCUT2D eigenvalue weighted by Crippen LogP contribution is 2.32. The van der Waals surface area contributed by atoms with Crippen LogP contribution in [0, 0.1) is 0 Å². The summed E-state index contributed by atoms with van der Waals surface area (Å²) in [7, 11) is -3.65. The molecule has 0 fully saturated rings. The molecule has 6 nitrogen and oxygen atoms in total. The van der Waals surface area contributed by atoms with Crippen LogP contribution in [0.2, 0.25) is 0 Å². The van der Waals surface area contributed by atoms with Gasteiger partial charge < -0.3 is 0 Å². The maximum absolute atomic E-state index is 10.8. The molecule has 0 aromatic rings. The second kappa shape index (κ2) is 2.48. The Morgan fingerprint density at radius 1 is 1.67 bits per heavy atom. The van der Waals surface area contributed by atoms with Crippen molar-refractivity contribution in [2.75, 3.05) is 0 Å². The van der Waals surface area contributed by atoms with Gasteiger partial charge >= 0.3 is 0 Å². The Kier molecular flexibility index (Phi) is 1.87. The fourth-order valence-electron chi connectivity index (χ4n) is 0.828.